The Hall–Kier alpha value is -1.30. The number of nitrogens with zero attached hydrogens (tertiary/aromatic N) is 2. The summed E-state index contributed by atoms with van der Waals surface area (Å²) in [5, 5.41) is 0.518. The molecule has 1 amide bonds. The molecule has 6 heteroatoms. The lowest BCUT2D eigenvalue weighted by atomic mass is 10.2. The standard InChI is InChI=1S/C19H29ClN2O3/c1-14-7-8-17(20)18(12-14)25-15(2)19(23)22(10-9-21(3)4)13-16-6-5-11-24-16/h7-8,12,15-16H,5-6,9-11,13H2,1-4H3. The smallest absolute Gasteiger partial charge is 0.263 e. The van der Waals surface area contributed by atoms with Crippen molar-refractivity contribution in [1.29, 1.82) is 0 Å². The highest BCUT2D eigenvalue weighted by Gasteiger charge is 2.27. The van der Waals surface area contributed by atoms with Gasteiger partial charge in [-0.1, -0.05) is 17.7 Å². The van der Waals surface area contributed by atoms with Crippen LogP contribution in [0.25, 0.3) is 0 Å². The van der Waals surface area contributed by atoms with Gasteiger partial charge in [-0.05, 0) is 58.5 Å². The number of amides is 1. The Morgan fingerprint density at radius 3 is 2.80 bits per heavy atom. The molecule has 0 spiro atoms. The molecule has 140 valence electrons. The topological polar surface area (TPSA) is 42.0 Å². The van der Waals surface area contributed by atoms with Crippen molar-refractivity contribution in [3.8, 4) is 5.75 Å². The summed E-state index contributed by atoms with van der Waals surface area (Å²) < 4.78 is 11.6. The second kappa shape index (κ2) is 9.41. The number of halogens is 1. The minimum atomic E-state index is -0.595. The molecule has 1 fully saturated rings. The van der Waals surface area contributed by atoms with E-state index in [1.54, 1.807) is 13.0 Å². The quantitative estimate of drug-likeness (QED) is 0.707. The molecule has 0 N–H and O–H groups in total. The summed E-state index contributed by atoms with van der Waals surface area (Å²) in [4.78, 5) is 16.8. The highest BCUT2D eigenvalue weighted by atomic mass is 35.5. The van der Waals surface area contributed by atoms with Crippen molar-refractivity contribution in [2.75, 3.05) is 40.3 Å². The number of hydrogen-bond donors (Lipinski definition) is 0. The molecule has 0 bridgehead atoms. The first-order valence-electron chi connectivity index (χ1n) is 8.84. The number of carbonyl (C=O) groups excluding carboxylic acids is 1. The van der Waals surface area contributed by atoms with Gasteiger partial charge in [0, 0.05) is 26.2 Å². The number of carbonyl (C=O) groups is 1. The number of aryl methyl sites for hydroxylation is 1. The lowest BCUT2D eigenvalue weighted by Crippen LogP contribution is -2.46. The summed E-state index contributed by atoms with van der Waals surface area (Å²) in [6.45, 7) is 6.60. The maximum atomic E-state index is 12.9. The fraction of sp³-hybridized carbons (Fsp3) is 0.632. The molecule has 0 aliphatic carbocycles. The minimum absolute atomic E-state index is 0.0325. The third-order valence-corrected chi connectivity index (χ3v) is 4.63. The Bertz CT molecular complexity index is 574. The van der Waals surface area contributed by atoms with E-state index in [9.17, 15) is 4.79 Å². The molecule has 1 aromatic carbocycles. The monoisotopic (exact) mass is 368 g/mol. The van der Waals surface area contributed by atoms with Crippen molar-refractivity contribution in [3.05, 3.63) is 28.8 Å². The lowest BCUT2D eigenvalue weighted by molar-refractivity contribution is -0.139. The molecule has 1 aliphatic rings. The Morgan fingerprint density at radius 2 is 2.16 bits per heavy atom. The van der Waals surface area contributed by atoms with Gasteiger partial charge in [-0.3, -0.25) is 4.79 Å². The summed E-state index contributed by atoms with van der Waals surface area (Å²) in [5.41, 5.74) is 1.04. The minimum Gasteiger partial charge on any atom is -0.479 e. The zero-order valence-corrected chi connectivity index (χ0v) is 16.4. The number of likely N-dealkylation sites (N-methyl/N-ethyl adjacent to an activating group) is 1. The molecule has 2 atom stereocenters. The van der Waals surface area contributed by atoms with Gasteiger partial charge in [0.05, 0.1) is 11.1 Å². The predicted molar refractivity (Wildman–Crippen MR) is 100 cm³/mol. The van der Waals surface area contributed by atoms with Crippen molar-refractivity contribution in [2.24, 2.45) is 0 Å². The van der Waals surface area contributed by atoms with Crippen molar-refractivity contribution < 1.29 is 14.3 Å². The average molecular weight is 369 g/mol. The van der Waals surface area contributed by atoms with Gasteiger partial charge in [-0.2, -0.15) is 0 Å². The normalized spacial score (nSPS) is 18.4. The van der Waals surface area contributed by atoms with Gasteiger partial charge in [0.25, 0.3) is 5.91 Å². The fourth-order valence-electron chi connectivity index (χ4n) is 2.85. The molecule has 2 rings (SSSR count). The van der Waals surface area contributed by atoms with Crippen LogP contribution in [-0.2, 0) is 9.53 Å². The summed E-state index contributed by atoms with van der Waals surface area (Å²) in [6, 6.07) is 5.57. The second-order valence-electron chi connectivity index (χ2n) is 6.92. The largest absolute Gasteiger partial charge is 0.479 e. The molecule has 1 heterocycles. The molecule has 1 aromatic rings. The first kappa shape index (κ1) is 20.0. The van der Waals surface area contributed by atoms with E-state index in [0.717, 1.165) is 31.6 Å². The van der Waals surface area contributed by atoms with E-state index in [-0.39, 0.29) is 12.0 Å². The van der Waals surface area contributed by atoms with Gasteiger partial charge in [-0.25, -0.2) is 0 Å². The summed E-state index contributed by atoms with van der Waals surface area (Å²) in [5.74, 6) is 0.516. The molecule has 0 saturated carbocycles. The highest BCUT2D eigenvalue weighted by Crippen LogP contribution is 2.26. The van der Waals surface area contributed by atoms with Gasteiger partial charge >= 0.3 is 0 Å². The molecular weight excluding hydrogens is 340 g/mol. The molecule has 5 nitrogen and oxygen atoms in total. The van der Waals surface area contributed by atoms with Gasteiger partial charge < -0.3 is 19.3 Å². The lowest BCUT2D eigenvalue weighted by Gasteiger charge is -2.29. The van der Waals surface area contributed by atoms with Crippen LogP contribution in [0.3, 0.4) is 0 Å². The van der Waals surface area contributed by atoms with E-state index in [2.05, 4.69) is 4.90 Å². The Labute approximate surface area is 155 Å². The van der Waals surface area contributed by atoms with Crippen LogP contribution in [0.2, 0.25) is 5.02 Å². The van der Waals surface area contributed by atoms with Crippen LogP contribution in [0.5, 0.6) is 5.75 Å². The SMILES string of the molecule is Cc1ccc(Cl)c(OC(C)C(=O)N(CCN(C)C)CC2CCCO2)c1. The second-order valence-corrected chi connectivity index (χ2v) is 7.32. The van der Waals surface area contributed by atoms with E-state index in [0.29, 0.717) is 23.9 Å². The number of benzene rings is 1. The molecule has 1 aliphatic heterocycles. The predicted octanol–water partition coefficient (Wildman–Crippen LogP) is 2.98. The Kier molecular flexibility index (Phi) is 7.54. The van der Waals surface area contributed by atoms with Crippen molar-refractivity contribution in [1.82, 2.24) is 9.80 Å². The Balaban J connectivity index is 2.03. The summed E-state index contributed by atoms with van der Waals surface area (Å²) >= 11 is 6.19. The van der Waals surface area contributed by atoms with Crippen LogP contribution in [0.4, 0.5) is 0 Å². The first-order chi connectivity index (χ1) is 11.9. The summed E-state index contributed by atoms with van der Waals surface area (Å²) in [6.07, 6.45) is 1.60. The van der Waals surface area contributed by atoms with E-state index < -0.39 is 6.10 Å². The first-order valence-corrected chi connectivity index (χ1v) is 9.22. The Morgan fingerprint density at radius 1 is 1.40 bits per heavy atom. The van der Waals surface area contributed by atoms with E-state index in [4.69, 9.17) is 21.1 Å². The summed E-state index contributed by atoms with van der Waals surface area (Å²) in [7, 11) is 4.00. The van der Waals surface area contributed by atoms with Crippen LogP contribution in [-0.4, -0.2) is 68.3 Å². The van der Waals surface area contributed by atoms with Crippen molar-refractivity contribution >= 4 is 17.5 Å². The zero-order valence-electron chi connectivity index (χ0n) is 15.6. The van der Waals surface area contributed by atoms with Crippen LogP contribution in [0, 0.1) is 6.92 Å². The third kappa shape index (κ3) is 6.17. The van der Waals surface area contributed by atoms with Crippen LogP contribution >= 0.6 is 11.6 Å². The van der Waals surface area contributed by atoms with Crippen LogP contribution in [0.15, 0.2) is 18.2 Å². The van der Waals surface area contributed by atoms with E-state index in [1.165, 1.54) is 0 Å². The van der Waals surface area contributed by atoms with E-state index >= 15 is 0 Å². The third-order valence-electron chi connectivity index (χ3n) is 4.32. The molecular formula is C19H29ClN2O3. The average Bonchev–Trinajstić information content (AvgIpc) is 3.07. The molecule has 25 heavy (non-hydrogen) atoms. The molecule has 0 radical (unpaired) electrons. The molecule has 1 saturated heterocycles. The van der Waals surface area contributed by atoms with Gasteiger partial charge in [0.2, 0.25) is 0 Å². The number of rotatable bonds is 8. The highest BCUT2D eigenvalue weighted by molar-refractivity contribution is 6.32. The number of ether oxygens (including phenoxy) is 2. The zero-order chi connectivity index (χ0) is 18.4. The van der Waals surface area contributed by atoms with E-state index in [1.807, 2.05) is 38.1 Å². The maximum absolute atomic E-state index is 12.9. The van der Waals surface area contributed by atoms with Crippen molar-refractivity contribution in [3.63, 3.8) is 0 Å². The number of hydrogen-bond acceptors (Lipinski definition) is 4. The van der Waals surface area contributed by atoms with Gasteiger partial charge in [0.15, 0.2) is 6.10 Å². The van der Waals surface area contributed by atoms with Crippen molar-refractivity contribution in [2.45, 2.75) is 38.9 Å². The molecule has 0 aromatic heterocycles. The van der Waals surface area contributed by atoms with Crippen LogP contribution < -0.4 is 4.74 Å². The molecule has 2 unspecified atom stereocenters. The maximum Gasteiger partial charge on any atom is 0.263 e. The van der Waals surface area contributed by atoms with Gasteiger partial charge in [0.1, 0.15) is 5.75 Å². The van der Waals surface area contributed by atoms with Gasteiger partial charge in [-0.15, -0.1) is 0 Å². The van der Waals surface area contributed by atoms with Crippen LogP contribution in [0.1, 0.15) is 25.3 Å². The fourth-order valence-corrected chi connectivity index (χ4v) is 3.01.